The van der Waals surface area contributed by atoms with Gasteiger partial charge in [-0.1, -0.05) is 22.9 Å². The predicted octanol–water partition coefficient (Wildman–Crippen LogP) is 0.927. The highest BCUT2D eigenvalue weighted by atomic mass is 16.5. The van der Waals surface area contributed by atoms with Gasteiger partial charge in [0, 0.05) is 5.69 Å². The molecule has 1 aromatic heterocycles. The van der Waals surface area contributed by atoms with Gasteiger partial charge in [-0.25, -0.2) is 0 Å². The van der Waals surface area contributed by atoms with Crippen LogP contribution in [0.4, 0.5) is 5.69 Å². The summed E-state index contributed by atoms with van der Waals surface area (Å²) < 4.78 is 5.07. The van der Waals surface area contributed by atoms with Crippen LogP contribution in [0.5, 0.6) is 0 Å². The van der Waals surface area contributed by atoms with Crippen LogP contribution in [0.15, 0.2) is 28.8 Å². The molecule has 8 heteroatoms. The van der Waals surface area contributed by atoms with Gasteiger partial charge in [-0.3, -0.25) is 9.59 Å². The van der Waals surface area contributed by atoms with Crippen LogP contribution in [-0.4, -0.2) is 34.5 Å². The van der Waals surface area contributed by atoms with E-state index in [9.17, 15) is 9.59 Å². The van der Waals surface area contributed by atoms with Crippen molar-refractivity contribution in [1.29, 1.82) is 0 Å². The summed E-state index contributed by atoms with van der Waals surface area (Å²) in [4.78, 5) is 28.0. The van der Waals surface area contributed by atoms with Crippen molar-refractivity contribution in [2.75, 3.05) is 11.9 Å². The standard InChI is InChI=1S/C17H21N5O3/c1-11-4-6-12(7-5-11)20-15(23)9-14-21-16(25-22-14)10-19-17(24)13-3-2-8-18-13/h4-7,13,18H,2-3,8-10H2,1H3,(H,19,24)(H,20,23). The van der Waals surface area contributed by atoms with E-state index in [0.29, 0.717) is 0 Å². The number of carbonyl (C=O) groups is 2. The van der Waals surface area contributed by atoms with Crippen LogP contribution >= 0.6 is 0 Å². The molecule has 2 aromatic rings. The van der Waals surface area contributed by atoms with Crippen molar-refractivity contribution >= 4 is 17.5 Å². The number of nitrogens with one attached hydrogen (secondary N) is 3. The van der Waals surface area contributed by atoms with Crippen LogP contribution in [-0.2, 0) is 22.6 Å². The van der Waals surface area contributed by atoms with Crippen LogP contribution < -0.4 is 16.0 Å². The normalized spacial score (nSPS) is 16.6. The first-order valence-corrected chi connectivity index (χ1v) is 8.29. The van der Waals surface area contributed by atoms with Crippen molar-refractivity contribution < 1.29 is 14.1 Å². The molecule has 0 aliphatic carbocycles. The van der Waals surface area contributed by atoms with E-state index in [1.54, 1.807) is 0 Å². The summed E-state index contributed by atoms with van der Waals surface area (Å²) in [5.41, 5.74) is 1.84. The molecule has 1 aliphatic rings. The second-order valence-corrected chi connectivity index (χ2v) is 6.06. The lowest BCUT2D eigenvalue weighted by Crippen LogP contribution is -2.40. The van der Waals surface area contributed by atoms with Crippen LogP contribution in [0, 0.1) is 6.92 Å². The number of aryl methyl sites for hydroxylation is 1. The Hall–Kier alpha value is -2.74. The summed E-state index contributed by atoms with van der Waals surface area (Å²) in [7, 11) is 0. The van der Waals surface area contributed by atoms with Gasteiger partial charge in [-0.15, -0.1) is 0 Å². The first-order chi connectivity index (χ1) is 12.1. The predicted molar refractivity (Wildman–Crippen MR) is 90.7 cm³/mol. The summed E-state index contributed by atoms with van der Waals surface area (Å²) in [6.45, 7) is 3.00. The molecule has 1 aromatic carbocycles. The molecule has 2 heterocycles. The van der Waals surface area contributed by atoms with E-state index < -0.39 is 0 Å². The molecular weight excluding hydrogens is 322 g/mol. The van der Waals surface area contributed by atoms with Gasteiger partial charge in [0.05, 0.1) is 19.0 Å². The Kier molecular flexibility index (Phi) is 5.39. The molecule has 0 saturated carbocycles. The fraction of sp³-hybridized carbons (Fsp3) is 0.412. The van der Waals surface area contributed by atoms with Crippen LogP contribution in [0.1, 0.15) is 30.1 Å². The number of hydrogen-bond acceptors (Lipinski definition) is 6. The minimum Gasteiger partial charge on any atom is -0.346 e. The lowest BCUT2D eigenvalue weighted by Gasteiger charge is -2.08. The number of hydrogen-bond donors (Lipinski definition) is 3. The van der Waals surface area contributed by atoms with Crippen molar-refractivity contribution in [1.82, 2.24) is 20.8 Å². The van der Waals surface area contributed by atoms with Crippen LogP contribution in [0.3, 0.4) is 0 Å². The molecule has 2 amide bonds. The molecule has 1 atom stereocenters. The second-order valence-electron chi connectivity index (χ2n) is 6.06. The minimum absolute atomic E-state index is 0.00943. The number of amides is 2. The second kappa shape index (κ2) is 7.89. The fourth-order valence-electron chi connectivity index (χ4n) is 2.61. The summed E-state index contributed by atoms with van der Waals surface area (Å²) in [5.74, 6) is 0.266. The molecule has 0 radical (unpaired) electrons. The zero-order chi connectivity index (χ0) is 17.6. The maximum Gasteiger partial charge on any atom is 0.246 e. The van der Waals surface area contributed by atoms with Crippen molar-refractivity contribution in [2.45, 2.75) is 38.8 Å². The molecule has 132 valence electrons. The average molecular weight is 343 g/mol. The molecule has 25 heavy (non-hydrogen) atoms. The summed E-state index contributed by atoms with van der Waals surface area (Å²) in [6.07, 6.45) is 1.84. The molecule has 1 aliphatic heterocycles. The first kappa shape index (κ1) is 17.1. The molecule has 3 N–H and O–H groups in total. The highest BCUT2D eigenvalue weighted by molar-refractivity contribution is 5.91. The Morgan fingerprint density at radius 2 is 2.12 bits per heavy atom. The molecule has 3 rings (SSSR count). The molecular formula is C17H21N5O3. The third-order valence-corrected chi connectivity index (χ3v) is 3.95. The molecule has 0 spiro atoms. The Morgan fingerprint density at radius 3 is 2.84 bits per heavy atom. The van der Waals surface area contributed by atoms with E-state index in [4.69, 9.17) is 4.52 Å². The number of carbonyl (C=O) groups excluding carboxylic acids is 2. The van der Waals surface area contributed by atoms with Crippen LogP contribution in [0.2, 0.25) is 0 Å². The maximum atomic E-state index is 12.0. The van der Waals surface area contributed by atoms with E-state index in [-0.39, 0.29) is 42.5 Å². The number of nitrogens with zero attached hydrogens (tertiary/aromatic N) is 2. The number of anilines is 1. The van der Waals surface area contributed by atoms with E-state index in [1.807, 2.05) is 31.2 Å². The lowest BCUT2D eigenvalue weighted by molar-refractivity contribution is -0.123. The SMILES string of the molecule is Cc1ccc(NC(=O)Cc2noc(CNC(=O)C3CCCN3)n2)cc1. The third-order valence-electron chi connectivity index (χ3n) is 3.95. The van der Waals surface area contributed by atoms with Crippen molar-refractivity contribution in [3.05, 3.63) is 41.5 Å². The zero-order valence-corrected chi connectivity index (χ0v) is 14.0. The van der Waals surface area contributed by atoms with Gasteiger partial charge < -0.3 is 20.5 Å². The number of rotatable bonds is 6. The monoisotopic (exact) mass is 343 g/mol. The van der Waals surface area contributed by atoms with Gasteiger partial charge in [0.1, 0.15) is 0 Å². The van der Waals surface area contributed by atoms with Crippen molar-refractivity contribution in [3.63, 3.8) is 0 Å². The lowest BCUT2D eigenvalue weighted by atomic mass is 10.2. The van der Waals surface area contributed by atoms with Gasteiger partial charge >= 0.3 is 0 Å². The van der Waals surface area contributed by atoms with Gasteiger partial charge in [-0.2, -0.15) is 4.98 Å². The minimum atomic E-state index is -0.226. The quantitative estimate of drug-likeness (QED) is 0.720. The summed E-state index contributed by atoms with van der Waals surface area (Å²) in [5, 5.41) is 12.4. The topological polar surface area (TPSA) is 109 Å². The smallest absolute Gasteiger partial charge is 0.246 e. The van der Waals surface area contributed by atoms with Crippen molar-refractivity contribution in [3.8, 4) is 0 Å². The van der Waals surface area contributed by atoms with E-state index in [2.05, 4.69) is 26.1 Å². The Labute approximate surface area is 145 Å². The highest BCUT2D eigenvalue weighted by Crippen LogP contribution is 2.09. The summed E-state index contributed by atoms with van der Waals surface area (Å²) >= 11 is 0. The average Bonchev–Trinajstić information content (AvgIpc) is 3.26. The third kappa shape index (κ3) is 4.87. The Morgan fingerprint density at radius 1 is 1.32 bits per heavy atom. The van der Waals surface area contributed by atoms with E-state index >= 15 is 0 Å². The van der Waals surface area contributed by atoms with Gasteiger partial charge in [0.2, 0.25) is 17.7 Å². The Bertz CT molecular complexity index is 735. The molecule has 8 nitrogen and oxygen atoms in total. The van der Waals surface area contributed by atoms with Gasteiger partial charge in [0.15, 0.2) is 5.82 Å². The zero-order valence-electron chi connectivity index (χ0n) is 14.0. The molecule has 1 fully saturated rings. The van der Waals surface area contributed by atoms with Gasteiger partial charge in [-0.05, 0) is 38.4 Å². The summed E-state index contributed by atoms with van der Waals surface area (Å²) in [6, 6.07) is 7.36. The number of benzene rings is 1. The largest absolute Gasteiger partial charge is 0.346 e. The number of aromatic nitrogens is 2. The van der Waals surface area contributed by atoms with E-state index in [1.165, 1.54) is 0 Å². The highest BCUT2D eigenvalue weighted by Gasteiger charge is 2.22. The van der Waals surface area contributed by atoms with Crippen molar-refractivity contribution in [2.24, 2.45) is 0 Å². The first-order valence-electron chi connectivity index (χ1n) is 8.29. The fourth-order valence-corrected chi connectivity index (χ4v) is 2.61. The molecule has 1 unspecified atom stereocenters. The van der Waals surface area contributed by atoms with Gasteiger partial charge in [0.25, 0.3) is 0 Å². The maximum absolute atomic E-state index is 12.0. The van der Waals surface area contributed by atoms with E-state index in [0.717, 1.165) is 30.6 Å². The molecule has 1 saturated heterocycles. The molecule has 0 bridgehead atoms. The van der Waals surface area contributed by atoms with Crippen LogP contribution in [0.25, 0.3) is 0 Å². The Balaban J connectivity index is 1.46.